The first-order valence-electron chi connectivity index (χ1n) is 3.79. The second kappa shape index (κ2) is 3.59. The van der Waals surface area contributed by atoms with E-state index in [0.29, 0.717) is 0 Å². The van der Waals surface area contributed by atoms with Crippen molar-refractivity contribution >= 4 is 6.34 Å². The molecule has 0 aromatic carbocycles. The molecule has 0 fully saturated rings. The number of rotatable bonds is 3. The Kier molecular flexibility index (Phi) is 3.40. The van der Waals surface area contributed by atoms with Gasteiger partial charge in [-0.25, -0.2) is 0 Å². The molecule has 0 unspecified atom stereocenters. The Morgan fingerprint density at radius 3 is 2.00 bits per heavy atom. The summed E-state index contributed by atoms with van der Waals surface area (Å²) >= 11 is 0. The first-order valence-corrected chi connectivity index (χ1v) is 3.79. The zero-order chi connectivity index (χ0) is 8.20. The topological polar surface area (TPSA) is 27.1 Å². The standard InChI is InChI=1S/C8H18N2/c1-5-6-10(7-9)8(2,3)4/h7,9H,5-6H2,1-4H3. The van der Waals surface area contributed by atoms with Crippen molar-refractivity contribution in [2.75, 3.05) is 6.54 Å². The van der Waals surface area contributed by atoms with Gasteiger partial charge in [-0.2, -0.15) is 0 Å². The molecule has 0 rings (SSSR count). The van der Waals surface area contributed by atoms with Gasteiger partial charge in [-0.3, -0.25) is 5.41 Å². The van der Waals surface area contributed by atoms with Crippen LogP contribution in [0.1, 0.15) is 34.1 Å². The van der Waals surface area contributed by atoms with Gasteiger partial charge in [-0.1, -0.05) is 6.92 Å². The molecule has 0 bridgehead atoms. The van der Waals surface area contributed by atoms with Crippen LogP contribution in [0, 0.1) is 5.41 Å². The van der Waals surface area contributed by atoms with Gasteiger partial charge in [0.15, 0.2) is 0 Å². The van der Waals surface area contributed by atoms with E-state index in [1.54, 1.807) is 0 Å². The van der Waals surface area contributed by atoms with Crippen molar-refractivity contribution in [1.82, 2.24) is 4.90 Å². The van der Waals surface area contributed by atoms with Gasteiger partial charge < -0.3 is 4.90 Å². The van der Waals surface area contributed by atoms with Crippen molar-refractivity contribution < 1.29 is 0 Å². The molecule has 0 saturated carbocycles. The largest absolute Gasteiger partial charge is 0.358 e. The monoisotopic (exact) mass is 142 g/mol. The van der Waals surface area contributed by atoms with E-state index in [0.717, 1.165) is 13.0 Å². The highest BCUT2D eigenvalue weighted by Crippen LogP contribution is 2.10. The van der Waals surface area contributed by atoms with E-state index >= 15 is 0 Å². The minimum Gasteiger partial charge on any atom is -0.358 e. The summed E-state index contributed by atoms with van der Waals surface area (Å²) in [4.78, 5) is 2.03. The predicted molar refractivity (Wildman–Crippen MR) is 45.5 cm³/mol. The molecular formula is C8H18N2. The lowest BCUT2D eigenvalue weighted by Crippen LogP contribution is -2.40. The third-order valence-corrected chi connectivity index (χ3v) is 1.48. The van der Waals surface area contributed by atoms with Gasteiger partial charge >= 0.3 is 0 Å². The van der Waals surface area contributed by atoms with E-state index in [2.05, 4.69) is 27.7 Å². The SMILES string of the molecule is CCCN(C=N)C(C)(C)C. The summed E-state index contributed by atoms with van der Waals surface area (Å²) in [6.45, 7) is 9.46. The molecule has 0 aromatic rings. The minimum absolute atomic E-state index is 0.109. The average molecular weight is 142 g/mol. The Hall–Kier alpha value is -0.530. The van der Waals surface area contributed by atoms with Gasteiger partial charge in [0.1, 0.15) is 0 Å². The van der Waals surface area contributed by atoms with Crippen molar-refractivity contribution in [2.45, 2.75) is 39.7 Å². The summed E-state index contributed by atoms with van der Waals surface area (Å²) in [5.74, 6) is 0. The summed E-state index contributed by atoms with van der Waals surface area (Å²) in [7, 11) is 0. The fourth-order valence-corrected chi connectivity index (χ4v) is 0.835. The highest BCUT2D eigenvalue weighted by molar-refractivity contribution is 5.51. The summed E-state index contributed by atoms with van der Waals surface area (Å²) < 4.78 is 0. The third-order valence-electron chi connectivity index (χ3n) is 1.48. The Balaban J connectivity index is 3.93. The number of hydrogen-bond donors (Lipinski definition) is 1. The van der Waals surface area contributed by atoms with Crippen molar-refractivity contribution in [3.8, 4) is 0 Å². The quantitative estimate of drug-likeness (QED) is 0.474. The lowest BCUT2D eigenvalue weighted by atomic mass is 10.1. The van der Waals surface area contributed by atoms with Gasteiger partial charge in [0.05, 0.1) is 6.34 Å². The summed E-state index contributed by atoms with van der Waals surface area (Å²) in [6, 6.07) is 0. The van der Waals surface area contributed by atoms with Crippen LogP contribution >= 0.6 is 0 Å². The zero-order valence-corrected chi connectivity index (χ0v) is 7.44. The molecule has 0 aliphatic heterocycles. The molecule has 0 saturated heterocycles. The summed E-state index contributed by atoms with van der Waals surface area (Å²) in [5, 5.41) is 7.12. The van der Waals surface area contributed by atoms with Crippen LogP contribution in [0.5, 0.6) is 0 Å². The summed E-state index contributed by atoms with van der Waals surface area (Å²) in [6.07, 6.45) is 2.52. The van der Waals surface area contributed by atoms with E-state index in [9.17, 15) is 0 Å². The Morgan fingerprint density at radius 1 is 1.40 bits per heavy atom. The fraction of sp³-hybridized carbons (Fsp3) is 0.875. The molecular weight excluding hydrogens is 124 g/mol. The van der Waals surface area contributed by atoms with Crippen LogP contribution in [0.2, 0.25) is 0 Å². The Morgan fingerprint density at radius 2 is 1.90 bits per heavy atom. The zero-order valence-electron chi connectivity index (χ0n) is 7.44. The lowest BCUT2D eigenvalue weighted by molar-refractivity contribution is 0.244. The maximum atomic E-state index is 7.12. The van der Waals surface area contributed by atoms with Crippen LogP contribution in [0.25, 0.3) is 0 Å². The molecule has 2 nitrogen and oxygen atoms in total. The second-order valence-corrected chi connectivity index (χ2v) is 3.49. The fourth-order valence-electron chi connectivity index (χ4n) is 0.835. The Labute approximate surface area is 63.7 Å². The summed E-state index contributed by atoms with van der Waals surface area (Å²) in [5.41, 5.74) is 0.109. The minimum atomic E-state index is 0.109. The van der Waals surface area contributed by atoms with Crippen molar-refractivity contribution in [1.29, 1.82) is 5.41 Å². The van der Waals surface area contributed by atoms with Gasteiger partial charge in [0.25, 0.3) is 0 Å². The Bertz CT molecular complexity index is 102. The van der Waals surface area contributed by atoms with Crippen LogP contribution in [0.15, 0.2) is 0 Å². The number of hydrogen-bond acceptors (Lipinski definition) is 1. The first kappa shape index (κ1) is 9.47. The highest BCUT2D eigenvalue weighted by atomic mass is 15.2. The van der Waals surface area contributed by atoms with Gasteiger partial charge in [0, 0.05) is 12.1 Å². The van der Waals surface area contributed by atoms with E-state index < -0.39 is 0 Å². The third kappa shape index (κ3) is 2.85. The molecule has 0 aliphatic rings. The van der Waals surface area contributed by atoms with Crippen LogP contribution in [0.3, 0.4) is 0 Å². The van der Waals surface area contributed by atoms with Crippen LogP contribution in [-0.2, 0) is 0 Å². The molecule has 0 spiro atoms. The van der Waals surface area contributed by atoms with Gasteiger partial charge in [-0.05, 0) is 27.2 Å². The predicted octanol–water partition coefficient (Wildman–Crippen LogP) is 2.10. The van der Waals surface area contributed by atoms with Crippen molar-refractivity contribution in [2.24, 2.45) is 0 Å². The van der Waals surface area contributed by atoms with Crippen LogP contribution in [-0.4, -0.2) is 23.3 Å². The molecule has 0 atom stereocenters. The van der Waals surface area contributed by atoms with E-state index in [1.807, 2.05) is 4.90 Å². The molecule has 0 aliphatic carbocycles. The highest BCUT2D eigenvalue weighted by Gasteiger charge is 2.16. The molecule has 1 N–H and O–H groups in total. The number of nitrogens with one attached hydrogen (secondary N) is 1. The molecule has 0 radical (unpaired) electrons. The molecule has 0 aromatic heterocycles. The van der Waals surface area contributed by atoms with E-state index in [4.69, 9.17) is 5.41 Å². The second-order valence-electron chi connectivity index (χ2n) is 3.49. The molecule has 10 heavy (non-hydrogen) atoms. The smallest absolute Gasteiger partial charge is 0.0821 e. The maximum Gasteiger partial charge on any atom is 0.0821 e. The van der Waals surface area contributed by atoms with Gasteiger partial charge in [0.2, 0.25) is 0 Å². The van der Waals surface area contributed by atoms with E-state index in [-0.39, 0.29) is 5.54 Å². The van der Waals surface area contributed by atoms with Crippen molar-refractivity contribution in [3.63, 3.8) is 0 Å². The lowest BCUT2D eigenvalue weighted by Gasteiger charge is -2.33. The average Bonchev–Trinajstić information content (AvgIpc) is 1.80. The molecule has 0 amide bonds. The number of nitrogens with zero attached hydrogens (tertiary/aromatic N) is 1. The van der Waals surface area contributed by atoms with Crippen molar-refractivity contribution in [3.05, 3.63) is 0 Å². The molecule has 0 heterocycles. The maximum absolute atomic E-state index is 7.12. The molecule has 2 heteroatoms. The normalized spacial score (nSPS) is 11.2. The first-order chi connectivity index (χ1) is 4.52. The van der Waals surface area contributed by atoms with Crippen LogP contribution in [0.4, 0.5) is 0 Å². The van der Waals surface area contributed by atoms with Crippen LogP contribution < -0.4 is 0 Å². The van der Waals surface area contributed by atoms with E-state index in [1.165, 1.54) is 6.34 Å². The molecule has 60 valence electrons. The van der Waals surface area contributed by atoms with Gasteiger partial charge in [-0.15, -0.1) is 0 Å².